The Morgan fingerprint density at radius 3 is 2.67 bits per heavy atom. The molecule has 0 aliphatic carbocycles. The molecule has 0 atom stereocenters. The first kappa shape index (κ1) is 15.6. The normalized spacial score (nSPS) is 10.2. The molecule has 2 aromatic carbocycles. The molecule has 1 N–H and O–H groups in total. The summed E-state index contributed by atoms with van der Waals surface area (Å²) < 4.78 is 6.53. The van der Waals surface area contributed by atoms with Gasteiger partial charge in [0.25, 0.3) is 0 Å². The quantitative estimate of drug-likeness (QED) is 0.812. The molecule has 0 unspecified atom stereocenters. The molecule has 0 aliphatic heterocycles. The third kappa shape index (κ3) is 5.60. The summed E-state index contributed by atoms with van der Waals surface area (Å²) in [5, 5.41) is 2.85. The first-order valence-electron chi connectivity index (χ1n) is 6.84. The van der Waals surface area contributed by atoms with E-state index in [1.54, 1.807) is 0 Å². The van der Waals surface area contributed by atoms with Crippen LogP contribution in [0.1, 0.15) is 11.1 Å². The lowest BCUT2D eigenvalue weighted by atomic mass is 10.1. The number of halogens is 1. The van der Waals surface area contributed by atoms with Gasteiger partial charge in [-0.25, -0.2) is 0 Å². The van der Waals surface area contributed by atoms with Crippen molar-refractivity contribution in [2.45, 2.75) is 13.3 Å². The largest absolute Gasteiger partial charge is 0.492 e. The van der Waals surface area contributed by atoms with Crippen LogP contribution in [0, 0.1) is 6.92 Å². The molecule has 4 heteroatoms. The molecule has 1 amide bonds. The Morgan fingerprint density at radius 1 is 1.19 bits per heavy atom. The molecule has 21 heavy (non-hydrogen) atoms. The summed E-state index contributed by atoms with van der Waals surface area (Å²) in [6.07, 6.45) is 0.400. The highest BCUT2D eigenvalue weighted by Crippen LogP contribution is 2.17. The Morgan fingerprint density at radius 2 is 1.95 bits per heavy atom. The van der Waals surface area contributed by atoms with E-state index in [4.69, 9.17) is 4.74 Å². The molecule has 0 aromatic heterocycles. The molecule has 110 valence electrons. The first-order valence-corrected chi connectivity index (χ1v) is 7.63. The van der Waals surface area contributed by atoms with Crippen molar-refractivity contribution in [3.8, 4) is 5.75 Å². The third-order valence-corrected chi connectivity index (χ3v) is 3.47. The van der Waals surface area contributed by atoms with Gasteiger partial charge in [0, 0.05) is 4.47 Å². The van der Waals surface area contributed by atoms with Gasteiger partial charge in [0.1, 0.15) is 12.4 Å². The summed E-state index contributed by atoms with van der Waals surface area (Å²) in [6, 6.07) is 15.6. The van der Waals surface area contributed by atoms with Crippen LogP contribution in [0.15, 0.2) is 53.0 Å². The van der Waals surface area contributed by atoms with Crippen LogP contribution in [-0.4, -0.2) is 19.1 Å². The lowest BCUT2D eigenvalue weighted by molar-refractivity contribution is -0.120. The van der Waals surface area contributed by atoms with Gasteiger partial charge in [0.15, 0.2) is 0 Å². The molecule has 0 fully saturated rings. The van der Waals surface area contributed by atoms with Gasteiger partial charge in [-0.2, -0.15) is 0 Å². The average Bonchev–Trinajstić information content (AvgIpc) is 2.46. The van der Waals surface area contributed by atoms with Crippen LogP contribution < -0.4 is 10.1 Å². The summed E-state index contributed by atoms with van der Waals surface area (Å²) in [6.45, 7) is 2.98. The van der Waals surface area contributed by atoms with Gasteiger partial charge in [-0.15, -0.1) is 0 Å². The number of nitrogens with one attached hydrogen (secondary N) is 1. The van der Waals surface area contributed by atoms with E-state index in [1.807, 2.05) is 55.5 Å². The van der Waals surface area contributed by atoms with Gasteiger partial charge in [0.05, 0.1) is 13.0 Å². The van der Waals surface area contributed by atoms with Crippen LogP contribution in [0.2, 0.25) is 0 Å². The maximum absolute atomic E-state index is 11.8. The van der Waals surface area contributed by atoms with Gasteiger partial charge in [-0.05, 0) is 30.7 Å². The van der Waals surface area contributed by atoms with E-state index in [0.29, 0.717) is 19.6 Å². The van der Waals surface area contributed by atoms with Crippen molar-refractivity contribution in [1.82, 2.24) is 5.32 Å². The fourth-order valence-corrected chi connectivity index (χ4v) is 2.25. The molecule has 0 saturated heterocycles. The topological polar surface area (TPSA) is 38.3 Å². The summed E-state index contributed by atoms with van der Waals surface area (Å²) in [4.78, 5) is 11.8. The lowest BCUT2D eigenvalue weighted by Crippen LogP contribution is -2.29. The second-order valence-electron chi connectivity index (χ2n) is 4.82. The summed E-state index contributed by atoms with van der Waals surface area (Å²) in [5.41, 5.74) is 2.22. The Labute approximate surface area is 133 Å². The average molecular weight is 348 g/mol. The van der Waals surface area contributed by atoms with Crippen LogP contribution in [0.25, 0.3) is 0 Å². The monoisotopic (exact) mass is 347 g/mol. The van der Waals surface area contributed by atoms with E-state index in [0.717, 1.165) is 15.8 Å². The summed E-state index contributed by atoms with van der Waals surface area (Å²) in [5.74, 6) is 0.800. The molecule has 0 bridgehead atoms. The standard InChI is InChI=1S/C17H18BrNO2/c1-13-5-7-14(8-6-13)11-17(20)19-9-10-21-16-4-2-3-15(18)12-16/h2-8,12H,9-11H2,1H3,(H,19,20). The number of hydrogen-bond donors (Lipinski definition) is 1. The Balaban J connectivity index is 1.68. The zero-order valence-electron chi connectivity index (χ0n) is 11.9. The number of rotatable bonds is 6. The van der Waals surface area contributed by atoms with Crippen molar-refractivity contribution in [2.75, 3.05) is 13.2 Å². The van der Waals surface area contributed by atoms with Crippen molar-refractivity contribution >= 4 is 21.8 Å². The minimum absolute atomic E-state index is 0.0108. The Hall–Kier alpha value is -1.81. The number of aryl methyl sites for hydroxylation is 1. The number of benzene rings is 2. The highest BCUT2D eigenvalue weighted by molar-refractivity contribution is 9.10. The number of carbonyl (C=O) groups is 1. The Bertz CT molecular complexity index is 596. The SMILES string of the molecule is Cc1ccc(CC(=O)NCCOc2cccc(Br)c2)cc1. The van der Waals surface area contributed by atoms with E-state index in [1.165, 1.54) is 5.56 Å². The predicted octanol–water partition coefficient (Wildman–Crippen LogP) is 3.50. The van der Waals surface area contributed by atoms with Crippen molar-refractivity contribution in [3.05, 3.63) is 64.1 Å². The molecule has 0 heterocycles. The van der Waals surface area contributed by atoms with Gasteiger partial charge < -0.3 is 10.1 Å². The molecular formula is C17H18BrNO2. The van der Waals surface area contributed by atoms with Gasteiger partial charge in [0.2, 0.25) is 5.91 Å². The zero-order chi connectivity index (χ0) is 15.1. The molecule has 0 aliphatic rings. The van der Waals surface area contributed by atoms with Crippen LogP contribution in [0.5, 0.6) is 5.75 Å². The van der Waals surface area contributed by atoms with E-state index in [2.05, 4.69) is 21.2 Å². The second kappa shape index (κ2) is 7.84. The van der Waals surface area contributed by atoms with E-state index in [-0.39, 0.29) is 5.91 Å². The molecule has 2 aromatic rings. The number of carbonyl (C=O) groups excluding carboxylic acids is 1. The minimum atomic E-state index is 0.0108. The van der Waals surface area contributed by atoms with E-state index >= 15 is 0 Å². The highest BCUT2D eigenvalue weighted by atomic mass is 79.9. The minimum Gasteiger partial charge on any atom is -0.492 e. The van der Waals surface area contributed by atoms with E-state index in [9.17, 15) is 4.79 Å². The lowest BCUT2D eigenvalue weighted by Gasteiger charge is -2.08. The highest BCUT2D eigenvalue weighted by Gasteiger charge is 2.02. The van der Waals surface area contributed by atoms with Gasteiger partial charge in [-0.3, -0.25) is 4.79 Å². The molecular weight excluding hydrogens is 330 g/mol. The molecule has 0 radical (unpaired) electrons. The van der Waals surface area contributed by atoms with Crippen LogP contribution in [0.4, 0.5) is 0 Å². The molecule has 0 saturated carbocycles. The Kier molecular flexibility index (Phi) is 5.81. The number of ether oxygens (including phenoxy) is 1. The van der Waals surface area contributed by atoms with Crippen molar-refractivity contribution < 1.29 is 9.53 Å². The molecule has 0 spiro atoms. The van der Waals surface area contributed by atoms with Crippen molar-refractivity contribution in [3.63, 3.8) is 0 Å². The number of amides is 1. The summed E-state index contributed by atoms with van der Waals surface area (Å²) in [7, 11) is 0. The maximum Gasteiger partial charge on any atom is 0.224 e. The van der Waals surface area contributed by atoms with Crippen molar-refractivity contribution in [1.29, 1.82) is 0 Å². The van der Waals surface area contributed by atoms with E-state index < -0.39 is 0 Å². The van der Waals surface area contributed by atoms with Crippen molar-refractivity contribution in [2.24, 2.45) is 0 Å². The predicted molar refractivity (Wildman–Crippen MR) is 87.5 cm³/mol. The summed E-state index contributed by atoms with van der Waals surface area (Å²) >= 11 is 3.39. The third-order valence-electron chi connectivity index (χ3n) is 2.97. The molecule has 3 nitrogen and oxygen atoms in total. The van der Waals surface area contributed by atoms with Crippen LogP contribution in [-0.2, 0) is 11.2 Å². The smallest absolute Gasteiger partial charge is 0.224 e. The maximum atomic E-state index is 11.8. The zero-order valence-corrected chi connectivity index (χ0v) is 13.5. The van der Waals surface area contributed by atoms with Crippen LogP contribution >= 0.6 is 15.9 Å². The first-order chi connectivity index (χ1) is 10.1. The molecule has 2 rings (SSSR count). The fourth-order valence-electron chi connectivity index (χ4n) is 1.87. The number of hydrogen-bond acceptors (Lipinski definition) is 2. The van der Waals surface area contributed by atoms with Gasteiger partial charge >= 0.3 is 0 Å². The fraction of sp³-hybridized carbons (Fsp3) is 0.235. The van der Waals surface area contributed by atoms with Crippen LogP contribution in [0.3, 0.4) is 0 Å². The second-order valence-corrected chi connectivity index (χ2v) is 5.73. The van der Waals surface area contributed by atoms with Gasteiger partial charge in [-0.1, -0.05) is 51.8 Å².